The molecule has 0 radical (unpaired) electrons. The summed E-state index contributed by atoms with van der Waals surface area (Å²) in [6.07, 6.45) is 0.822. The number of halogens is 1. The molecule has 2 N–H and O–H groups in total. The predicted octanol–water partition coefficient (Wildman–Crippen LogP) is 2.27. The van der Waals surface area contributed by atoms with E-state index in [1.807, 2.05) is 0 Å². The van der Waals surface area contributed by atoms with Crippen LogP contribution in [0.2, 0.25) is 0 Å². The highest BCUT2D eigenvalue weighted by atomic mass is 19.1. The minimum absolute atomic E-state index is 0.319. The maximum Gasteiger partial charge on any atom is 0.131 e. The molecule has 3 nitrogen and oxygen atoms in total. The largest absolute Gasteiger partial charge is 0.387 e. The van der Waals surface area contributed by atoms with E-state index >= 15 is 0 Å². The fraction of sp³-hybridized carbons (Fsp3) is 0.182. The lowest BCUT2D eigenvalue weighted by Gasteiger charge is -2.06. The Morgan fingerprint density at radius 3 is 2.73 bits per heavy atom. The molecule has 1 aromatic heterocycles. The number of benzene rings is 1. The van der Waals surface area contributed by atoms with E-state index < -0.39 is 6.10 Å². The van der Waals surface area contributed by atoms with E-state index in [1.165, 1.54) is 12.3 Å². The molecule has 4 heteroatoms. The molecule has 0 bridgehead atoms. The zero-order chi connectivity index (χ0) is 10.8. The van der Waals surface area contributed by atoms with E-state index in [9.17, 15) is 9.50 Å². The van der Waals surface area contributed by atoms with Gasteiger partial charge in [0, 0.05) is 11.1 Å². The van der Waals surface area contributed by atoms with Crippen molar-refractivity contribution in [1.82, 2.24) is 10.2 Å². The fourth-order valence-electron chi connectivity index (χ4n) is 1.51. The van der Waals surface area contributed by atoms with Crippen LogP contribution in [0.3, 0.4) is 0 Å². The van der Waals surface area contributed by atoms with E-state index in [0.717, 1.165) is 0 Å². The first-order valence-electron chi connectivity index (χ1n) is 4.66. The van der Waals surface area contributed by atoms with E-state index in [-0.39, 0.29) is 5.82 Å². The smallest absolute Gasteiger partial charge is 0.131 e. The second-order valence-corrected chi connectivity index (χ2v) is 3.35. The minimum atomic E-state index is -0.692. The molecule has 2 aromatic rings. The highest BCUT2D eigenvalue weighted by Gasteiger charge is 2.14. The summed E-state index contributed by atoms with van der Waals surface area (Å²) in [6, 6.07) is 6.42. The normalized spacial score (nSPS) is 12.7. The number of nitrogens with zero attached hydrogens (tertiary/aromatic N) is 1. The molecule has 0 spiro atoms. The van der Waals surface area contributed by atoms with Gasteiger partial charge in [-0.25, -0.2) is 4.39 Å². The number of aromatic amines is 1. The number of aliphatic hydroxyl groups is 1. The summed E-state index contributed by atoms with van der Waals surface area (Å²) in [5.41, 5.74) is 1.57. The molecular weight excluding hydrogens is 195 g/mol. The maximum atomic E-state index is 13.5. The number of H-pyrrole nitrogens is 1. The Bertz CT molecular complexity index is 465. The van der Waals surface area contributed by atoms with E-state index in [2.05, 4.69) is 10.2 Å². The molecule has 1 unspecified atom stereocenters. The molecule has 0 saturated heterocycles. The molecule has 1 heterocycles. The van der Waals surface area contributed by atoms with Gasteiger partial charge < -0.3 is 5.11 Å². The Labute approximate surface area is 86.6 Å². The van der Waals surface area contributed by atoms with Crippen LogP contribution < -0.4 is 0 Å². The molecule has 2 rings (SSSR count). The van der Waals surface area contributed by atoms with Crippen molar-refractivity contribution in [3.63, 3.8) is 0 Å². The number of hydrogen-bond acceptors (Lipinski definition) is 2. The molecular formula is C11H11FN2O. The first-order valence-corrected chi connectivity index (χ1v) is 4.66. The lowest BCUT2D eigenvalue weighted by Crippen LogP contribution is -1.95. The monoisotopic (exact) mass is 206 g/mol. The van der Waals surface area contributed by atoms with Gasteiger partial charge in [0.2, 0.25) is 0 Å². The third-order valence-electron chi connectivity index (χ3n) is 2.25. The van der Waals surface area contributed by atoms with Crippen LogP contribution >= 0.6 is 0 Å². The van der Waals surface area contributed by atoms with Gasteiger partial charge in [-0.2, -0.15) is 5.10 Å². The zero-order valence-corrected chi connectivity index (χ0v) is 8.24. The van der Waals surface area contributed by atoms with Gasteiger partial charge >= 0.3 is 0 Å². The van der Waals surface area contributed by atoms with Crippen LogP contribution in [0, 0.1) is 5.82 Å². The van der Waals surface area contributed by atoms with Crippen molar-refractivity contribution in [3.05, 3.63) is 42.0 Å². The van der Waals surface area contributed by atoms with Crippen molar-refractivity contribution >= 4 is 0 Å². The SMILES string of the molecule is CC(O)c1[nH]ncc1-c1ccccc1F. The molecule has 0 aliphatic rings. The van der Waals surface area contributed by atoms with Crippen LogP contribution in [0.1, 0.15) is 18.7 Å². The summed E-state index contributed by atoms with van der Waals surface area (Å²) >= 11 is 0. The van der Waals surface area contributed by atoms with Gasteiger partial charge in [0.1, 0.15) is 5.82 Å². The number of nitrogens with one attached hydrogen (secondary N) is 1. The molecule has 0 fully saturated rings. The molecule has 0 amide bonds. The summed E-state index contributed by atoms with van der Waals surface area (Å²) in [5.74, 6) is -0.319. The minimum Gasteiger partial charge on any atom is -0.387 e. The van der Waals surface area contributed by atoms with Gasteiger partial charge in [-0.1, -0.05) is 18.2 Å². The Balaban J connectivity index is 2.55. The average molecular weight is 206 g/mol. The van der Waals surface area contributed by atoms with Crippen molar-refractivity contribution in [2.24, 2.45) is 0 Å². The van der Waals surface area contributed by atoms with E-state index in [1.54, 1.807) is 25.1 Å². The van der Waals surface area contributed by atoms with Crippen LogP contribution in [-0.2, 0) is 0 Å². The topological polar surface area (TPSA) is 48.9 Å². The molecule has 1 atom stereocenters. The molecule has 1 aromatic carbocycles. The van der Waals surface area contributed by atoms with Gasteiger partial charge in [-0.3, -0.25) is 5.10 Å². The third-order valence-corrected chi connectivity index (χ3v) is 2.25. The van der Waals surface area contributed by atoms with Crippen LogP contribution in [0.25, 0.3) is 11.1 Å². The first kappa shape index (κ1) is 9.86. The maximum absolute atomic E-state index is 13.5. The third kappa shape index (κ3) is 1.76. The lowest BCUT2D eigenvalue weighted by atomic mass is 10.0. The van der Waals surface area contributed by atoms with Crippen molar-refractivity contribution < 1.29 is 9.50 Å². The van der Waals surface area contributed by atoms with Crippen molar-refractivity contribution in [2.45, 2.75) is 13.0 Å². The lowest BCUT2D eigenvalue weighted by molar-refractivity contribution is 0.195. The Hall–Kier alpha value is -1.68. The summed E-state index contributed by atoms with van der Waals surface area (Å²) in [7, 11) is 0. The van der Waals surface area contributed by atoms with E-state index in [4.69, 9.17) is 0 Å². The Morgan fingerprint density at radius 2 is 2.07 bits per heavy atom. The quantitative estimate of drug-likeness (QED) is 0.791. The van der Waals surface area contributed by atoms with Crippen molar-refractivity contribution in [2.75, 3.05) is 0 Å². The second-order valence-electron chi connectivity index (χ2n) is 3.35. The highest BCUT2D eigenvalue weighted by molar-refractivity contribution is 5.66. The number of aromatic nitrogens is 2. The van der Waals surface area contributed by atoms with Crippen molar-refractivity contribution in [1.29, 1.82) is 0 Å². The van der Waals surface area contributed by atoms with Gasteiger partial charge in [0.25, 0.3) is 0 Å². The standard InChI is InChI=1S/C11H11FN2O/c1-7(15)11-9(6-13-14-11)8-4-2-3-5-10(8)12/h2-7,15H,1H3,(H,13,14). The highest BCUT2D eigenvalue weighted by Crippen LogP contribution is 2.27. The van der Waals surface area contributed by atoms with Crippen LogP contribution in [0.15, 0.2) is 30.5 Å². The van der Waals surface area contributed by atoms with E-state index in [0.29, 0.717) is 16.8 Å². The first-order chi connectivity index (χ1) is 7.20. The number of hydrogen-bond donors (Lipinski definition) is 2. The molecule has 15 heavy (non-hydrogen) atoms. The summed E-state index contributed by atoms with van der Waals surface area (Å²) in [4.78, 5) is 0. The van der Waals surface area contributed by atoms with Gasteiger partial charge in [-0.15, -0.1) is 0 Å². The van der Waals surface area contributed by atoms with Crippen LogP contribution in [0.5, 0.6) is 0 Å². The molecule has 78 valence electrons. The van der Waals surface area contributed by atoms with Gasteiger partial charge in [0.15, 0.2) is 0 Å². The van der Waals surface area contributed by atoms with Gasteiger partial charge in [-0.05, 0) is 13.0 Å². The average Bonchev–Trinajstić information content (AvgIpc) is 2.67. The summed E-state index contributed by atoms with van der Waals surface area (Å²) in [6.45, 7) is 1.61. The summed E-state index contributed by atoms with van der Waals surface area (Å²) in [5, 5.41) is 15.9. The number of rotatable bonds is 2. The Morgan fingerprint density at radius 1 is 1.33 bits per heavy atom. The summed E-state index contributed by atoms with van der Waals surface area (Å²) < 4.78 is 13.5. The second kappa shape index (κ2) is 3.82. The Kier molecular flexibility index (Phi) is 2.51. The zero-order valence-electron chi connectivity index (χ0n) is 8.24. The van der Waals surface area contributed by atoms with Crippen LogP contribution in [0.4, 0.5) is 4.39 Å². The molecule has 0 aliphatic carbocycles. The van der Waals surface area contributed by atoms with Crippen molar-refractivity contribution in [3.8, 4) is 11.1 Å². The predicted molar refractivity (Wildman–Crippen MR) is 54.6 cm³/mol. The number of aliphatic hydroxyl groups excluding tert-OH is 1. The molecule has 0 aliphatic heterocycles. The fourth-order valence-corrected chi connectivity index (χ4v) is 1.51. The van der Waals surface area contributed by atoms with Crippen LogP contribution in [-0.4, -0.2) is 15.3 Å². The molecule has 0 saturated carbocycles. The van der Waals surface area contributed by atoms with Gasteiger partial charge in [0.05, 0.1) is 18.0 Å².